The molecule has 170 valence electrons. The van der Waals surface area contributed by atoms with E-state index < -0.39 is 12.1 Å². The number of rotatable bonds is 5. The van der Waals surface area contributed by atoms with E-state index in [2.05, 4.69) is 10.3 Å². The number of hydrogen-bond acceptors (Lipinski definition) is 6. The molecule has 2 aliphatic rings. The molecular formula is C26H22N4O4. The normalized spacial score (nSPS) is 16.4. The summed E-state index contributed by atoms with van der Waals surface area (Å²) in [6.45, 7) is 1.99. The fourth-order valence-corrected chi connectivity index (χ4v) is 4.32. The predicted octanol–water partition coefficient (Wildman–Crippen LogP) is 2.64. The summed E-state index contributed by atoms with van der Waals surface area (Å²) in [6, 6.07) is 16.6. The van der Waals surface area contributed by atoms with Crippen molar-refractivity contribution >= 4 is 29.2 Å². The van der Waals surface area contributed by atoms with E-state index in [1.807, 2.05) is 42.5 Å². The van der Waals surface area contributed by atoms with Gasteiger partial charge in [-0.3, -0.25) is 19.4 Å². The molecule has 0 bridgehead atoms. The lowest BCUT2D eigenvalue weighted by atomic mass is 9.95. The van der Waals surface area contributed by atoms with E-state index in [4.69, 9.17) is 9.73 Å². The average molecular weight is 454 g/mol. The number of carbonyl (C=O) groups excluding carboxylic acids is 3. The lowest BCUT2D eigenvalue weighted by Gasteiger charge is -2.21. The molecule has 2 aliphatic heterocycles. The first-order valence-electron chi connectivity index (χ1n) is 11.0. The Morgan fingerprint density at radius 2 is 1.88 bits per heavy atom. The van der Waals surface area contributed by atoms with Gasteiger partial charge in [-0.25, -0.2) is 4.99 Å². The van der Waals surface area contributed by atoms with E-state index in [0.29, 0.717) is 24.2 Å². The van der Waals surface area contributed by atoms with Crippen LogP contribution in [0, 0.1) is 0 Å². The van der Waals surface area contributed by atoms with Crippen LogP contribution in [0.5, 0.6) is 0 Å². The highest BCUT2D eigenvalue weighted by Gasteiger charge is 2.37. The molecule has 34 heavy (non-hydrogen) atoms. The molecule has 2 amide bonds. The van der Waals surface area contributed by atoms with E-state index in [0.717, 1.165) is 27.9 Å². The minimum absolute atomic E-state index is 0.133. The summed E-state index contributed by atoms with van der Waals surface area (Å²) in [5, 5.41) is 2.79. The predicted molar refractivity (Wildman–Crippen MR) is 126 cm³/mol. The molecule has 1 atom stereocenters. The largest absolute Gasteiger partial charge is 0.461 e. The molecule has 1 aromatic heterocycles. The third-order valence-electron chi connectivity index (χ3n) is 5.84. The summed E-state index contributed by atoms with van der Waals surface area (Å²) in [6.07, 6.45) is 2.62. The zero-order valence-electron chi connectivity index (χ0n) is 18.5. The molecule has 0 spiro atoms. The molecular weight excluding hydrogens is 432 g/mol. The second-order valence-corrected chi connectivity index (χ2v) is 8.13. The maximum atomic E-state index is 13.5. The van der Waals surface area contributed by atoms with Crippen molar-refractivity contribution < 1.29 is 19.1 Å². The van der Waals surface area contributed by atoms with Gasteiger partial charge in [-0.1, -0.05) is 36.4 Å². The molecule has 0 radical (unpaired) electrons. The second kappa shape index (κ2) is 8.90. The van der Waals surface area contributed by atoms with E-state index in [-0.39, 0.29) is 18.5 Å². The van der Waals surface area contributed by atoms with Gasteiger partial charge in [0.05, 0.1) is 11.4 Å². The Kier molecular flexibility index (Phi) is 5.63. The molecule has 3 aromatic rings. The third-order valence-corrected chi connectivity index (χ3v) is 5.84. The quantitative estimate of drug-likeness (QED) is 0.598. The maximum absolute atomic E-state index is 13.5. The number of aromatic nitrogens is 1. The van der Waals surface area contributed by atoms with Crippen molar-refractivity contribution in [1.29, 1.82) is 0 Å². The monoisotopic (exact) mass is 454 g/mol. The topological polar surface area (TPSA) is 101 Å². The Balaban J connectivity index is 1.61. The maximum Gasteiger partial charge on any atom is 0.302 e. The van der Waals surface area contributed by atoms with Gasteiger partial charge in [-0.15, -0.1) is 0 Å². The van der Waals surface area contributed by atoms with Gasteiger partial charge >= 0.3 is 5.97 Å². The number of nitrogens with one attached hydrogen (secondary N) is 1. The average Bonchev–Trinajstić information content (AvgIpc) is 3.25. The fourth-order valence-electron chi connectivity index (χ4n) is 4.32. The van der Waals surface area contributed by atoms with Crippen LogP contribution in [0.3, 0.4) is 0 Å². The molecule has 0 saturated carbocycles. The number of benzene rings is 2. The van der Waals surface area contributed by atoms with Crippen LogP contribution in [0.4, 0.5) is 5.69 Å². The Bertz CT molecular complexity index is 1310. The van der Waals surface area contributed by atoms with Crippen molar-refractivity contribution in [2.45, 2.75) is 26.1 Å². The van der Waals surface area contributed by atoms with Crippen molar-refractivity contribution in [1.82, 2.24) is 10.3 Å². The van der Waals surface area contributed by atoms with Crippen LogP contribution < -0.4 is 10.2 Å². The molecule has 3 heterocycles. The van der Waals surface area contributed by atoms with Crippen LogP contribution >= 0.6 is 0 Å². The van der Waals surface area contributed by atoms with E-state index >= 15 is 0 Å². The van der Waals surface area contributed by atoms with Crippen LogP contribution in [0.1, 0.15) is 39.5 Å². The Labute approximate surface area is 196 Å². The van der Waals surface area contributed by atoms with Crippen molar-refractivity contribution in [2.75, 3.05) is 11.4 Å². The first-order valence-corrected chi connectivity index (χ1v) is 11.0. The Hall–Kier alpha value is -4.33. The molecule has 0 fully saturated rings. The number of ether oxygens (including phenoxy) is 1. The third kappa shape index (κ3) is 4.05. The van der Waals surface area contributed by atoms with Gasteiger partial charge in [0, 0.05) is 42.6 Å². The van der Waals surface area contributed by atoms with Gasteiger partial charge in [-0.2, -0.15) is 0 Å². The lowest BCUT2D eigenvalue weighted by molar-refractivity contribution is -0.142. The number of hydrogen-bond donors (Lipinski definition) is 1. The van der Waals surface area contributed by atoms with Crippen LogP contribution in [0.15, 0.2) is 72.0 Å². The summed E-state index contributed by atoms with van der Waals surface area (Å²) in [5.41, 5.74) is 5.18. The minimum atomic E-state index is -1.09. The summed E-state index contributed by atoms with van der Waals surface area (Å²) < 4.78 is 5.23. The summed E-state index contributed by atoms with van der Waals surface area (Å²) in [5.74, 6) is -1.06. The summed E-state index contributed by atoms with van der Waals surface area (Å²) in [7, 11) is 0. The first kappa shape index (κ1) is 21.5. The van der Waals surface area contributed by atoms with Crippen molar-refractivity contribution in [2.24, 2.45) is 4.99 Å². The second-order valence-electron chi connectivity index (χ2n) is 8.13. The standard InChI is InChI=1S/C26H22N4O4/c1-16(31)34-15-17-13-20-9-12-30-23(20)21(14-17)22(18-5-3-2-4-6-18)28-24(26(30)33)29-25(32)19-7-10-27-11-8-19/h2-8,10-11,13-14,24H,9,12,15H2,1H3,(H,29,32). The van der Waals surface area contributed by atoms with E-state index in [1.54, 1.807) is 17.0 Å². The van der Waals surface area contributed by atoms with Crippen LogP contribution in [-0.2, 0) is 27.4 Å². The number of anilines is 1. The molecule has 8 heteroatoms. The zero-order chi connectivity index (χ0) is 23.7. The molecule has 0 saturated heterocycles. The van der Waals surface area contributed by atoms with Gasteiger partial charge in [0.2, 0.25) is 6.17 Å². The number of aliphatic imine (C=N–C) groups is 1. The number of nitrogens with zero attached hydrogens (tertiary/aromatic N) is 3. The van der Waals surface area contributed by atoms with Gasteiger partial charge in [0.15, 0.2) is 0 Å². The number of carbonyl (C=O) groups is 3. The molecule has 0 aliphatic carbocycles. The van der Waals surface area contributed by atoms with Gasteiger partial charge in [0.25, 0.3) is 11.8 Å². The van der Waals surface area contributed by atoms with Crippen molar-refractivity contribution in [3.63, 3.8) is 0 Å². The Morgan fingerprint density at radius 3 is 2.62 bits per heavy atom. The highest BCUT2D eigenvalue weighted by molar-refractivity contribution is 6.21. The highest BCUT2D eigenvalue weighted by Crippen LogP contribution is 2.37. The number of esters is 1. The van der Waals surface area contributed by atoms with E-state index in [1.165, 1.54) is 19.3 Å². The summed E-state index contributed by atoms with van der Waals surface area (Å²) >= 11 is 0. The highest BCUT2D eigenvalue weighted by atomic mass is 16.5. The Morgan fingerprint density at radius 1 is 1.12 bits per heavy atom. The SMILES string of the molecule is CC(=O)OCc1cc2c3c(c1)C(c1ccccc1)=NC(NC(=O)c1ccncc1)C(=O)N3CC2. The van der Waals surface area contributed by atoms with Gasteiger partial charge < -0.3 is 15.0 Å². The van der Waals surface area contributed by atoms with Crippen molar-refractivity contribution in [3.05, 3.63) is 94.8 Å². The lowest BCUT2D eigenvalue weighted by Crippen LogP contribution is -2.46. The molecule has 2 aromatic carbocycles. The zero-order valence-corrected chi connectivity index (χ0v) is 18.5. The molecule has 8 nitrogen and oxygen atoms in total. The summed E-state index contributed by atoms with van der Waals surface area (Å²) in [4.78, 5) is 48.2. The molecule has 5 rings (SSSR count). The van der Waals surface area contributed by atoms with Gasteiger partial charge in [0.1, 0.15) is 6.61 Å². The molecule has 1 N–H and O–H groups in total. The van der Waals surface area contributed by atoms with Gasteiger partial charge in [-0.05, 0) is 35.7 Å². The van der Waals surface area contributed by atoms with Crippen LogP contribution in [-0.4, -0.2) is 41.2 Å². The molecule has 1 unspecified atom stereocenters. The van der Waals surface area contributed by atoms with Crippen molar-refractivity contribution in [3.8, 4) is 0 Å². The smallest absolute Gasteiger partial charge is 0.302 e. The first-order chi connectivity index (χ1) is 16.5. The van der Waals surface area contributed by atoms with E-state index in [9.17, 15) is 14.4 Å². The number of amides is 2. The number of pyridine rings is 1. The minimum Gasteiger partial charge on any atom is -0.461 e. The van der Waals surface area contributed by atoms with Crippen LogP contribution in [0.25, 0.3) is 0 Å². The van der Waals surface area contributed by atoms with Crippen LogP contribution in [0.2, 0.25) is 0 Å². The fraction of sp³-hybridized carbons (Fsp3) is 0.192.